The highest BCUT2D eigenvalue weighted by molar-refractivity contribution is 5.97. The summed E-state index contributed by atoms with van der Waals surface area (Å²) in [5.41, 5.74) is 2.58. The third-order valence-electron chi connectivity index (χ3n) is 4.36. The van der Waals surface area contributed by atoms with E-state index in [2.05, 4.69) is 21.6 Å². The van der Waals surface area contributed by atoms with Crippen LogP contribution in [-0.4, -0.2) is 28.6 Å². The topological polar surface area (TPSA) is 102 Å². The summed E-state index contributed by atoms with van der Waals surface area (Å²) in [6.07, 6.45) is 1.36. The summed E-state index contributed by atoms with van der Waals surface area (Å²) in [4.78, 5) is 26.0. The number of carbonyl (C=O) groups is 2. The molecular weight excluding hydrogens is 318 g/mol. The van der Waals surface area contributed by atoms with Crippen molar-refractivity contribution in [3.8, 4) is 6.07 Å². The lowest BCUT2D eigenvalue weighted by Gasteiger charge is -2.18. The molecule has 2 heterocycles. The Kier molecular flexibility index (Phi) is 4.52. The second-order valence-electron chi connectivity index (χ2n) is 6.18. The second kappa shape index (κ2) is 6.77. The van der Waals surface area contributed by atoms with Crippen molar-refractivity contribution in [2.45, 2.75) is 32.6 Å². The fraction of sp³-hybridized carbons (Fsp3) is 0.333. The Hall–Kier alpha value is -3.14. The van der Waals surface area contributed by atoms with Gasteiger partial charge in [-0.25, -0.2) is 0 Å². The van der Waals surface area contributed by atoms with Crippen molar-refractivity contribution < 1.29 is 9.59 Å². The van der Waals surface area contributed by atoms with E-state index in [1.165, 1.54) is 0 Å². The summed E-state index contributed by atoms with van der Waals surface area (Å²) in [6.45, 7) is 4.25. The molecule has 0 saturated carbocycles. The predicted molar refractivity (Wildman–Crippen MR) is 93.1 cm³/mol. The van der Waals surface area contributed by atoms with Crippen molar-refractivity contribution in [2.75, 3.05) is 16.8 Å². The van der Waals surface area contributed by atoms with E-state index in [4.69, 9.17) is 0 Å². The Labute approximate surface area is 145 Å². The Morgan fingerprint density at radius 3 is 2.84 bits per heavy atom. The summed E-state index contributed by atoms with van der Waals surface area (Å²) in [5.74, 6) is -0.244. The summed E-state index contributed by atoms with van der Waals surface area (Å²) in [7, 11) is 0. The number of amides is 2. The first kappa shape index (κ1) is 16.7. The highest BCUT2D eigenvalue weighted by Gasteiger charge is 2.24. The van der Waals surface area contributed by atoms with E-state index in [9.17, 15) is 14.9 Å². The molecule has 1 aliphatic rings. The number of rotatable bonds is 4. The maximum atomic E-state index is 12.4. The third-order valence-corrected chi connectivity index (χ3v) is 4.36. The number of nitrogens with zero attached hydrogens (tertiary/aromatic N) is 3. The van der Waals surface area contributed by atoms with E-state index in [0.29, 0.717) is 35.6 Å². The van der Waals surface area contributed by atoms with Gasteiger partial charge in [0, 0.05) is 30.4 Å². The molecule has 25 heavy (non-hydrogen) atoms. The van der Waals surface area contributed by atoms with Crippen molar-refractivity contribution in [1.29, 1.82) is 5.26 Å². The van der Waals surface area contributed by atoms with Gasteiger partial charge in [-0.05, 0) is 38.0 Å². The summed E-state index contributed by atoms with van der Waals surface area (Å²) in [6, 6.07) is 9.10. The average molecular weight is 337 g/mol. The van der Waals surface area contributed by atoms with Crippen LogP contribution >= 0.6 is 0 Å². The molecule has 2 amide bonds. The fourth-order valence-electron chi connectivity index (χ4n) is 2.97. The predicted octanol–water partition coefficient (Wildman–Crippen LogP) is 2.46. The molecule has 3 rings (SSSR count). The van der Waals surface area contributed by atoms with Gasteiger partial charge in [-0.3, -0.25) is 14.7 Å². The molecule has 0 radical (unpaired) electrons. The van der Waals surface area contributed by atoms with Gasteiger partial charge < -0.3 is 10.2 Å². The molecular formula is C18H19N5O2. The van der Waals surface area contributed by atoms with Crippen LogP contribution < -0.4 is 10.2 Å². The fourth-order valence-corrected chi connectivity index (χ4v) is 2.97. The highest BCUT2D eigenvalue weighted by atomic mass is 16.2. The molecule has 7 heteroatoms. The van der Waals surface area contributed by atoms with Gasteiger partial charge in [0.1, 0.15) is 0 Å². The quantitative estimate of drug-likeness (QED) is 0.894. The molecule has 1 atom stereocenters. The Morgan fingerprint density at radius 1 is 1.44 bits per heavy atom. The Bertz CT molecular complexity index is 865. The number of hydrogen-bond acceptors (Lipinski definition) is 4. The molecule has 0 bridgehead atoms. The van der Waals surface area contributed by atoms with E-state index in [-0.39, 0.29) is 11.8 Å². The molecule has 1 fully saturated rings. The van der Waals surface area contributed by atoms with Crippen LogP contribution in [-0.2, 0) is 9.59 Å². The van der Waals surface area contributed by atoms with Gasteiger partial charge in [0.25, 0.3) is 0 Å². The molecule has 1 saturated heterocycles. The minimum Gasteiger partial charge on any atom is -0.312 e. The zero-order valence-electron chi connectivity index (χ0n) is 14.2. The molecule has 1 unspecified atom stereocenters. The molecule has 1 aromatic heterocycles. The molecule has 7 nitrogen and oxygen atoms in total. The van der Waals surface area contributed by atoms with Gasteiger partial charge in [0.05, 0.1) is 17.6 Å². The van der Waals surface area contributed by atoms with E-state index >= 15 is 0 Å². The number of nitriles is 1. The normalized spacial score (nSPS) is 15.1. The number of aryl methyl sites for hydroxylation is 1. The van der Waals surface area contributed by atoms with E-state index in [0.717, 1.165) is 12.1 Å². The van der Waals surface area contributed by atoms with Gasteiger partial charge in [-0.1, -0.05) is 6.07 Å². The first-order valence-corrected chi connectivity index (χ1v) is 8.17. The maximum Gasteiger partial charge on any atom is 0.232 e. The average Bonchev–Trinajstić information content (AvgIpc) is 3.21. The lowest BCUT2D eigenvalue weighted by atomic mass is 9.94. The molecule has 2 aromatic rings. The number of benzene rings is 1. The van der Waals surface area contributed by atoms with Crippen LogP contribution in [0.15, 0.2) is 24.3 Å². The summed E-state index contributed by atoms with van der Waals surface area (Å²) < 4.78 is 0. The highest BCUT2D eigenvalue weighted by Crippen LogP contribution is 2.28. The number of nitrogens with one attached hydrogen (secondary N) is 2. The van der Waals surface area contributed by atoms with E-state index < -0.39 is 5.92 Å². The SMILES string of the molecule is Cc1cc(NC(=O)C(C)c2ccc(N3CCCC3=O)cc2C#N)n[nH]1. The van der Waals surface area contributed by atoms with Crippen molar-refractivity contribution >= 4 is 23.3 Å². The van der Waals surface area contributed by atoms with Crippen LogP contribution in [0.1, 0.15) is 42.5 Å². The van der Waals surface area contributed by atoms with Crippen molar-refractivity contribution in [2.24, 2.45) is 0 Å². The van der Waals surface area contributed by atoms with E-state index in [1.54, 1.807) is 36.1 Å². The minimum atomic E-state index is -0.519. The lowest BCUT2D eigenvalue weighted by Crippen LogP contribution is -2.24. The smallest absolute Gasteiger partial charge is 0.232 e. The molecule has 2 N–H and O–H groups in total. The molecule has 0 aliphatic carbocycles. The van der Waals surface area contributed by atoms with Gasteiger partial charge in [-0.2, -0.15) is 10.4 Å². The standard InChI is InChI=1S/C18H19N5O2/c1-11-8-16(22-21-11)20-18(25)12(2)15-6-5-14(9-13(15)10-19)23-7-3-4-17(23)24/h5-6,8-9,12H,3-4,7H2,1-2H3,(H2,20,21,22,25). The first-order valence-electron chi connectivity index (χ1n) is 8.17. The van der Waals surface area contributed by atoms with Gasteiger partial charge in [0.2, 0.25) is 11.8 Å². The van der Waals surface area contributed by atoms with Crippen LogP contribution in [0, 0.1) is 18.3 Å². The number of anilines is 2. The molecule has 1 aromatic carbocycles. The van der Waals surface area contributed by atoms with E-state index in [1.807, 2.05) is 6.92 Å². The minimum absolute atomic E-state index is 0.0660. The van der Waals surface area contributed by atoms with Gasteiger partial charge in [-0.15, -0.1) is 0 Å². The van der Waals surface area contributed by atoms with Gasteiger partial charge in [0.15, 0.2) is 5.82 Å². The lowest BCUT2D eigenvalue weighted by molar-refractivity contribution is -0.118. The number of hydrogen-bond donors (Lipinski definition) is 2. The molecule has 1 aliphatic heterocycles. The van der Waals surface area contributed by atoms with Crippen LogP contribution in [0.2, 0.25) is 0 Å². The summed E-state index contributed by atoms with van der Waals surface area (Å²) in [5, 5.41) is 19.0. The zero-order valence-corrected chi connectivity index (χ0v) is 14.2. The van der Waals surface area contributed by atoms with Crippen molar-refractivity contribution in [1.82, 2.24) is 10.2 Å². The van der Waals surface area contributed by atoms with Crippen LogP contribution in [0.3, 0.4) is 0 Å². The summed E-state index contributed by atoms with van der Waals surface area (Å²) >= 11 is 0. The second-order valence-corrected chi connectivity index (χ2v) is 6.18. The maximum absolute atomic E-state index is 12.4. The number of H-pyrrole nitrogens is 1. The number of aromatic nitrogens is 2. The molecule has 0 spiro atoms. The Morgan fingerprint density at radius 2 is 2.24 bits per heavy atom. The Balaban J connectivity index is 1.82. The van der Waals surface area contributed by atoms with Crippen molar-refractivity contribution in [3.63, 3.8) is 0 Å². The zero-order chi connectivity index (χ0) is 18.0. The number of aromatic amines is 1. The van der Waals surface area contributed by atoms with Crippen LogP contribution in [0.25, 0.3) is 0 Å². The van der Waals surface area contributed by atoms with Crippen molar-refractivity contribution in [3.05, 3.63) is 41.1 Å². The number of carbonyl (C=O) groups excluding carboxylic acids is 2. The molecule has 128 valence electrons. The monoisotopic (exact) mass is 337 g/mol. The first-order chi connectivity index (χ1) is 12.0. The van der Waals surface area contributed by atoms with Crippen LogP contribution in [0.4, 0.5) is 11.5 Å². The van der Waals surface area contributed by atoms with Gasteiger partial charge >= 0.3 is 0 Å². The van der Waals surface area contributed by atoms with Crippen LogP contribution in [0.5, 0.6) is 0 Å². The third kappa shape index (κ3) is 3.38. The largest absolute Gasteiger partial charge is 0.312 e.